The second kappa shape index (κ2) is 10.3. The first-order valence-electron chi connectivity index (χ1n) is 10.8. The fourth-order valence-electron chi connectivity index (χ4n) is 3.74. The van der Waals surface area contributed by atoms with Crippen LogP contribution in [0.1, 0.15) is 37.4 Å². The number of rotatable bonds is 8. The molecule has 0 spiro atoms. The molecule has 1 amide bonds. The van der Waals surface area contributed by atoms with Gasteiger partial charge in [0, 0.05) is 22.2 Å². The summed E-state index contributed by atoms with van der Waals surface area (Å²) in [6, 6.07) is 10.8. The Bertz CT molecular complexity index is 1220. The summed E-state index contributed by atoms with van der Waals surface area (Å²) < 4.78 is 11.6. The van der Waals surface area contributed by atoms with E-state index >= 15 is 0 Å². The lowest BCUT2D eigenvalue weighted by Crippen LogP contribution is -2.29. The topological polar surface area (TPSA) is 89.0 Å². The average molecular weight is 499 g/mol. The van der Waals surface area contributed by atoms with E-state index in [4.69, 9.17) is 21.1 Å². The molecule has 176 valence electrons. The van der Waals surface area contributed by atoms with Gasteiger partial charge in [0.2, 0.25) is 0 Å². The van der Waals surface area contributed by atoms with Crippen molar-refractivity contribution < 1.29 is 24.2 Å². The zero-order chi connectivity index (χ0) is 24.2. The molecule has 1 aromatic heterocycles. The molecule has 7 nitrogen and oxygen atoms in total. The highest BCUT2D eigenvalue weighted by molar-refractivity contribution is 7.14. The summed E-state index contributed by atoms with van der Waals surface area (Å²) in [6.07, 6.45) is 2.39. The van der Waals surface area contributed by atoms with Gasteiger partial charge in [0.1, 0.15) is 5.76 Å². The number of halogens is 1. The highest BCUT2D eigenvalue weighted by atomic mass is 35.5. The van der Waals surface area contributed by atoms with E-state index < -0.39 is 17.7 Å². The van der Waals surface area contributed by atoms with Crippen molar-refractivity contribution >= 4 is 45.5 Å². The van der Waals surface area contributed by atoms with E-state index in [1.807, 2.05) is 13.8 Å². The van der Waals surface area contributed by atoms with Crippen LogP contribution in [0.5, 0.6) is 11.5 Å². The number of aromatic nitrogens is 1. The molecule has 0 saturated carbocycles. The number of thiazole rings is 1. The number of carbonyl (C=O) groups excluding carboxylic acids is 2. The average Bonchev–Trinajstić information content (AvgIpc) is 3.45. The van der Waals surface area contributed by atoms with Gasteiger partial charge in [-0.25, -0.2) is 4.98 Å². The molecule has 2 aromatic carbocycles. The summed E-state index contributed by atoms with van der Waals surface area (Å²) in [5, 5.41) is 13.7. The lowest BCUT2D eigenvalue weighted by molar-refractivity contribution is -0.132. The number of benzene rings is 2. The molecule has 1 N–H and O–H groups in total. The van der Waals surface area contributed by atoms with Crippen molar-refractivity contribution in [1.29, 1.82) is 0 Å². The molecule has 1 aliphatic heterocycles. The fourth-order valence-corrected chi connectivity index (χ4v) is 4.53. The van der Waals surface area contributed by atoms with Gasteiger partial charge in [-0.3, -0.25) is 14.5 Å². The lowest BCUT2D eigenvalue weighted by Gasteiger charge is -2.24. The van der Waals surface area contributed by atoms with E-state index in [-0.39, 0.29) is 11.3 Å². The third-order valence-corrected chi connectivity index (χ3v) is 6.26. The normalized spacial score (nSPS) is 17.3. The summed E-state index contributed by atoms with van der Waals surface area (Å²) in [5.41, 5.74) is 0.920. The minimum absolute atomic E-state index is 0.0350. The maximum Gasteiger partial charge on any atom is 0.301 e. The molecule has 0 bridgehead atoms. The van der Waals surface area contributed by atoms with Crippen molar-refractivity contribution in [2.24, 2.45) is 0 Å². The molecule has 34 heavy (non-hydrogen) atoms. The summed E-state index contributed by atoms with van der Waals surface area (Å²) in [4.78, 5) is 31.9. The Kier molecular flexibility index (Phi) is 7.19. The van der Waals surface area contributed by atoms with Crippen LogP contribution in [0.15, 0.2) is 59.6 Å². The third kappa shape index (κ3) is 4.51. The number of hydrogen-bond acceptors (Lipinski definition) is 7. The van der Waals surface area contributed by atoms with Crippen molar-refractivity contribution in [2.45, 2.75) is 26.3 Å². The first kappa shape index (κ1) is 23.8. The van der Waals surface area contributed by atoms with Crippen LogP contribution in [0.4, 0.5) is 5.13 Å². The number of hydrogen-bond donors (Lipinski definition) is 1. The second-order valence-corrected chi connectivity index (χ2v) is 8.79. The Morgan fingerprint density at radius 1 is 1.12 bits per heavy atom. The Morgan fingerprint density at radius 2 is 1.88 bits per heavy atom. The molecular weight excluding hydrogens is 476 g/mol. The number of amides is 1. The smallest absolute Gasteiger partial charge is 0.301 e. The van der Waals surface area contributed by atoms with Gasteiger partial charge in [-0.2, -0.15) is 0 Å². The van der Waals surface area contributed by atoms with E-state index in [2.05, 4.69) is 4.98 Å². The van der Waals surface area contributed by atoms with Crippen LogP contribution in [0.25, 0.3) is 5.76 Å². The number of Topliss-reactive ketones (excluding diaryl/α,β-unsaturated/α-hetero) is 1. The number of aliphatic hydroxyl groups is 1. The predicted molar refractivity (Wildman–Crippen MR) is 132 cm³/mol. The zero-order valence-electron chi connectivity index (χ0n) is 18.7. The summed E-state index contributed by atoms with van der Waals surface area (Å²) >= 11 is 7.21. The molecule has 0 radical (unpaired) electrons. The second-order valence-electron chi connectivity index (χ2n) is 7.48. The van der Waals surface area contributed by atoms with Crippen LogP contribution in [0, 0.1) is 0 Å². The summed E-state index contributed by atoms with van der Waals surface area (Å²) in [7, 11) is 0. The van der Waals surface area contributed by atoms with Crippen LogP contribution >= 0.6 is 22.9 Å². The van der Waals surface area contributed by atoms with Gasteiger partial charge in [0.25, 0.3) is 5.78 Å². The van der Waals surface area contributed by atoms with E-state index in [9.17, 15) is 14.7 Å². The van der Waals surface area contributed by atoms with Crippen LogP contribution in [-0.2, 0) is 9.59 Å². The molecule has 1 fully saturated rings. The molecule has 1 atom stereocenters. The Labute approximate surface area is 206 Å². The van der Waals surface area contributed by atoms with Crippen LogP contribution < -0.4 is 14.4 Å². The SMILES string of the molecule is CCCOc1ccc(C2C(=C(O)c3ccc(Cl)cc3)C(=O)C(=O)N2c2nccs2)cc1OCC. The standard InChI is InChI=1S/C25H23ClN2O5S/c1-3-12-33-18-10-7-16(14-19(18)32-4-2)21-20(22(29)15-5-8-17(26)9-6-15)23(30)24(31)28(21)25-27-11-13-34-25/h5-11,13-14,21,29H,3-4,12H2,1-2H3. The van der Waals surface area contributed by atoms with E-state index in [0.29, 0.717) is 46.0 Å². The minimum Gasteiger partial charge on any atom is -0.507 e. The molecule has 4 rings (SSSR count). The van der Waals surface area contributed by atoms with E-state index in [1.54, 1.807) is 54.0 Å². The van der Waals surface area contributed by atoms with Crippen molar-refractivity contribution in [2.75, 3.05) is 18.1 Å². The Morgan fingerprint density at radius 3 is 2.53 bits per heavy atom. The summed E-state index contributed by atoms with van der Waals surface area (Å²) in [6.45, 7) is 4.79. The highest BCUT2D eigenvalue weighted by Crippen LogP contribution is 2.44. The maximum atomic E-state index is 13.2. The molecule has 1 aliphatic rings. The molecule has 2 heterocycles. The first-order valence-corrected chi connectivity index (χ1v) is 12.1. The van der Waals surface area contributed by atoms with Crippen LogP contribution in [0.2, 0.25) is 5.02 Å². The highest BCUT2D eigenvalue weighted by Gasteiger charge is 2.48. The first-order chi connectivity index (χ1) is 16.5. The van der Waals surface area contributed by atoms with Gasteiger partial charge >= 0.3 is 5.91 Å². The predicted octanol–water partition coefficient (Wildman–Crippen LogP) is 5.61. The van der Waals surface area contributed by atoms with Gasteiger partial charge < -0.3 is 14.6 Å². The number of ether oxygens (including phenoxy) is 2. The van der Waals surface area contributed by atoms with Gasteiger partial charge in [0.15, 0.2) is 16.6 Å². The summed E-state index contributed by atoms with van der Waals surface area (Å²) in [5.74, 6) is -0.791. The zero-order valence-corrected chi connectivity index (χ0v) is 20.2. The van der Waals surface area contributed by atoms with Crippen molar-refractivity contribution in [3.63, 3.8) is 0 Å². The Balaban J connectivity index is 1.89. The van der Waals surface area contributed by atoms with Gasteiger partial charge in [-0.05, 0) is 55.3 Å². The fraction of sp³-hybridized carbons (Fsp3) is 0.240. The monoisotopic (exact) mass is 498 g/mol. The number of aliphatic hydroxyl groups excluding tert-OH is 1. The van der Waals surface area contributed by atoms with E-state index in [1.165, 1.54) is 16.2 Å². The lowest BCUT2D eigenvalue weighted by atomic mass is 9.95. The van der Waals surface area contributed by atoms with Crippen molar-refractivity contribution in [3.8, 4) is 11.5 Å². The molecule has 0 aliphatic carbocycles. The molecule has 1 saturated heterocycles. The maximum absolute atomic E-state index is 13.2. The molecule has 9 heteroatoms. The largest absolute Gasteiger partial charge is 0.507 e. The quantitative estimate of drug-likeness (QED) is 0.247. The number of anilines is 1. The van der Waals surface area contributed by atoms with Gasteiger partial charge in [-0.15, -0.1) is 11.3 Å². The third-order valence-electron chi connectivity index (χ3n) is 5.23. The number of ketones is 1. The van der Waals surface area contributed by atoms with E-state index in [0.717, 1.165) is 6.42 Å². The minimum atomic E-state index is -0.902. The molecule has 1 unspecified atom stereocenters. The molecule has 3 aromatic rings. The number of carbonyl (C=O) groups is 2. The Hall–Kier alpha value is -3.36. The number of nitrogens with zero attached hydrogens (tertiary/aromatic N) is 2. The van der Waals surface area contributed by atoms with Crippen molar-refractivity contribution in [1.82, 2.24) is 4.98 Å². The van der Waals surface area contributed by atoms with Crippen LogP contribution in [-0.4, -0.2) is 35.0 Å². The molecular formula is C25H23ClN2O5S. The van der Waals surface area contributed by atoms with Crippen LogP contribution in [0.3, 0.4) is 0 Å². The van der Waals surface area contributed by atoms with Gasteiger partial charge in [0.05, 0.1) is 24.8 Å². The van der Waals surface area contributed by atoms with Gasteiger partial charge in [-0.1, -0.05) is 24.6 Å². The van der Waals surface area contributed by atoms with Crippen molar-refractivity contribution in [3.05, 3.63) is 75.8 Å².